The maximum absolute atomic E-state index is 12.5. The molecule has 2 N–H and O–H groups in total. The molecule has 1 aliphatic rings. The number of sulfonamides is 1. The number of nitrogens with two attached hydrogens (primary N) is 1. The maximum atomic E-state index is 12.5. The molecule has 0 atom stereocenters. The van der Waals surface area contributed by atoms with Gasteiger partial charge in [0, 0.05) is 25.9 Å². The normalized spacial score (nSPS) is 18.6. The molecule has 0 saturated carbocycles. The van der Waals surface area contributed by atoms with Crippen LogP contribution in [0.3, 0.4) is 0 Å². The molecule has 0 unspecified atom stereocenters. The van der Waals surface area contributed by atoms with Crippen molar-refractivity contribution in [2.24, 2.45) is 5.92 Å². The fourth-order valence-corrected chi connectivity index (χ4v) is 3.74. The number of aromatic nitrogens is 1. The van der Waals surface area contributed by atoms with Crippen molar-refractivity contribution in [2.75, 3.05) is 39.5 Å². The van der Waals surface area contributed by atoms with Gasteiger partial charge in [-0.1, -0.05) is 0 Å². The van der Waals surface area contributed by atoms with Crippen molar-refractivity contribution in [2.45, 2.75) is 17.7 Å². The largest absolute Gasteiger partial charge is 0.384 e. The summed E-state index contributed by atoms with van der Waals surface area (Å²) in [7, 11) is 0.248. The number of anilines is 1. The molecule has 7 heteroatoms. The van der Waals surface area contributed by atoms with E-state index < -0.39 is 10.0 Å². The first kappa shape index (κ1) is 15.2. The van der Waals surface area contributed by atoms with Crippen molar-refractivity contribution >= 4 is 15.8 Å². The minimum atomic E-state index is -3.47. The molecule has 6 nitrogen and oxygen atoms in total. The van der Waals surface area contributed by atoms with E-state index in [4.69, 9.17) is 5.73 Å². The quantitative estimate of drug-likeness (QED) is 0.882. The monoisotopic (exact) mass is 298 g/mol. The van der Waals surface area contributed by atoms with Gasteiger partial charge in [0.05, 0.1) is 4.90 Å². The number of likely N-dealkylation sites (tertiary alicyclic amines) is 1. The van der Waals surface area contributed by atoms with Crippen molar-refractivity contribution in [3.8, 4) is 0 Å². The summed E-state index contributed by atoms with van der Waals surface area (Å²) in [4.78, 5) is 6.31. The van der Waals surface area contributed by atoms with Crippen LogP contribution in [0.5, 0.6) is 0 Å². The summed E-state index contributed by atoms with van der Waals surface area (Å²) in [6, 6.07) is 2.89. The van der Waals surface area contributed by atoms with E-state index in [9.17, 15) is 8.42 Å². The summed E-state index contributed by atoms with van der Waals surface area (Å²) >= 11 is 0. The molecule has 1 aromatic rings. The standard InChI is InChI=1S/C13H22N4O2S/c1-16-7-4-11(5-8-16)10-17(2)20(18,19)12-3-6-15-13(14)9-12/h3,6,9,11H,4-5,7-8,10H2,1-2H3,(H2,14,15). The Kier molecular flexibility index (Phi) is 4.62. The van der Waals surface area contributed by atoms with Gasteiger partial charge < -0.3 is 10.6 Å². The Morgan fingerprint density at radius 1 is 1.45 bits per heavy atom. The van der Waals surface area contributed by atoms with Crippen molar-refractivity contribution in [3.05, 3.63) is 18.3 Å². The van der Waals surface area contributed by atoms with E-state index in [0.717, 1.165) is 25.9 Å². The predicted octanol–water partition coefficient (Wildman–Crippen LogP) is 0.626. The van der Waals surface area contributed by atoms with Gasteiger partial charge in [0.15, 0.2) is 0 Å². The summed E-state index contributed by atoms with van der Waals surface area (Å²) in [5, 5.41) is 0. The smallest absolute Gasteiger partial charge is 0.243 e. The van der Waals surface area contributed by atoms with Gasteiger partial charge in [0.25, 0.3) is 0 Å². The number of hydrogen-bond acceptors (Lipinski definition) is 5. The lowest BCUT2D eigenvalue weighted by Crippen LogP contribution is -2.37. The van der Waals surface area contributed by atoms with Crippen LogP contribution in [0.4, 0.5) is 5.82 Å². The molecule has 0 radical (unpaired) electrons. The Bertz CT molecular complexity index is 553. The predicted molar refractivity (Wildman–Crippen MR) is 78.7 cm³/mol. The van der Waals surface area contributed by atoms with E-state index in [1.165, 1.54) is 22.6 Å². The van der Waals surface area contributed by atoms with E-state index >= 15 is 0 Å². The fraction of sp³-hybridized carbons (Fsp3) is 0.615. The molecule has 2 rings (SSSR count). The Morgan fingerprint density at radius 3 is 2.70 bits per heavy atom. The molecule has 0 aromatic carbocycles. The average molecular weight is 298 g/mol. The Hall–Kier alpha value is -1.18. The number of piperidine rings is 1. The van der Waals surface area contributed by atoms with Crippen LogP contribution in [0.25, 0.3) is 0 Å². The molecule has 20 heavy (non-hydrogen) atoms. The zero-order chi connectivity index (χ0) is 14.8. The summed E-state index contributed by atoms with van der Waals surface area (Å²) in [6.45, 7) is 2.61. The van der Waals surface area contributed by atoms with E-state index in [0.29, 0.717) is 12.5 Å². The molecule has 1 fully saturated rings. The van der Waals surface area contributed by atoms with Crippen LogP contribution in [-0.4, -0.2) is 56.3 Å². The average Bonchev–Trinajstić information content (AvgIpc) is 2.41. The van der Waals surface area contributed by atoms with Crippen LogP contribution in [0.15, 0.2) is 23.2 Å². The van der Waals surface area contributed by atoms with Crippen molar-refractivity contribution in [1.82, 2.24) is 14.2 Å². The summed E-state index contributed by atoms with van der Waals surface area (Å²) < 4.78 is 26.3. The van der Waals surface area contributed by atoms with Crippen LogP contribution < -0.4 is 5.73 Å². The van der Waals surface area contributed by atoms with E-state index in [1.54, 1.807) is 7.05 Å². The van der Waals surface area contributed by atoms with E-state index in [2.05, 4.69) is 16.9 Å². The Balaban J connectivity index is 2.06. The molecule has 0 aliphatic carbocycles. The van der Waals surface area contributed by atoms with Gasteiger partial charge in [-0.25, -0.2) is 17.7 Å². The molecule has 2 heterocycles. The highest BCUT2D eigenvalue weighted by molar-refractivity contribution is 7.89. The van der Waals surface area contributed by atoms with E-state index in [-0.39, 0.29) is 10.7 Å². The minimum Gasteiger partial charge on any atom is -0.384 e. The van der Waals surface area contributed by atoms with Crippen molar-refractivity contribution in [3.63, 3.8) is 0 Å². The van der Waals surface area contributed by atoms with Crippen LogP contribution >= 0.6 is 0 Å². The number of rotatable bonds is 4. The lowest BCUT2D eigenvalue weighted by atomic mass is 9.97. The number of hydrogen-bond donors (Lipinski definition) is 1. The molecular formula is C13H22N4O2S. The van der Waals surface area contributed by atoms with Gasteiger partial charge in [-0.3, -0.25) is 0 Å². The van der Waals surface area contributed by atoms with Gasteiger partial charge in [-0.15, -0.1) is 0 Å². The van der Waals surface area contributed by atoms with Crippen LogP contribution in [-0.2, 0) is 10.0 Å². The first-order valence-electron chi connectivity index (χ1n) is 6.76. The first-order chi connectivity index (χ1) is 9.39. The summed E-state index contributed by atoms with van der Waals surface area (Å²) in [6.07, 6.45) is 3.50. The third-order valence-corrected chi connectivity index (χ3v) is 5.63. The maximum Gasteiger partial charge on any atom is 0.243 e. The minimum absolute atomic E-state index is 0.209. The highest BCUT2D eigenvalue weighted by Gasteiger charge is 2.25. The molecule has 1 saturated heterocycles. The van der Waals surface area contributed by atoms with Crippen LogP contribution in [0, 0.1) is 5.92 Å². The second kappa shape index (κ2) is 6.07. The zero-order valence-electron chi connectivity index (χ0n) is 12.0. The van der Waals surface area contributed by atoms with Crippen molar-refractivity contribution in [1.29, 1.82) is 0 Å². The summed E-state index contributed by atoms with van der Waals surface area (Å²) in [5.74, 6) is 0.643. The number of nitrogens with zero attached hydrogens (tertiary/aromatic N) is 3. The zero-order valence-corrected chi connectivity index (χ0v) is 12.8. The van der Waals surface area contributed by atoms with Gasteiger partial charge in [0.2, 0.25) is 10.0 Å². The second-order valence-electron chi connectivity index (χ2n) is 5.45. The number of nitrogen functional groups attached to an aromatic ring is 1. The third-order valence-electron chi connectivity index (χ3n) is 3.81. The highest BCUT2D eigenvalue weighted by atomic mass is 32.2. The number of pyridine rings is 1. The second-order valence-corrected chi connectivity index (χ2v) is 7.49. The Morgan fingerprint density at radius 2 is 2.10 bits per heavy atom. The third kappa shape index (κ3) is 3.47. The highest BCUT2D eigenvalue weighted by Crippen LogP contribution is 2.21. The molecule has 0 spiro atoms. The first-order valence-corrected chi connectivity index (χ1v) is 8.20. The van der Waals surface area contributed by atoms with Crippen LogP contribution in [0.2, 0.25) is 0 Å². The van der Waals surface area contributed by atoms with Gasteiger partial charge in [-0.2, -0.15) is 0 Å². The molecule has 112 valence electrons. The molecule has 1 aromatic heterocycles. The topological polar surface area (TPSA) is 79.5 Å². The lowest BCUT2D eigenvalue weighted by molar-refractivity contribution is 0.202. The molecule has 0 bridgehead atoms. The molecular weight excluding hydrogens is 276 g/mol. The summed E-state index contributed by atoms with van der Waals surface area (Å²) in [5.41, 5.74) is 5.56. The molecule has 1 aliphatic heterocycles. The molecule has 0 amide bonds. The van der Waals surface area contributed by atoms with Gasteiger partial charge >= 0.3 is 0 Å². The Labute approximate surface area is 120 Å². The fourth-order valence-electron chi connectivity index (χ4n) is 2.47. The SMILES string of the molecule is CN1CCC(CN(C)S(=O)(=O)c2ccnc(N)c2)CC1. The lowest BCUT2D eigenvalue weighted by Gasteiger charge is -2.31. The van der Waals surface area contributed by atoms with Gasteiger partial charge in [-0.05, 0) is 45.0 Å². The van der Waals surface area contributed by atoms with Crippen molar-refractivity contribution < 1.29 is 8.42 Å². The van der Waals surface area contributed by atoms with Crippen LogP contribution in [0.1, 0.15) is 12.8 Å². The van der Waals surface area contributed by atoms with E-state index in [1.807, 2.05) is 0 Å². The van der Waals surface area contributed by atoms with Gasteiger partial charge in [0.1, 0.15) is 5.82 Å².